The van der Waals surface area contributed by atoms with Crippen LogP contribution in [0.4, 0.5) is 0 Å². The first-order chi connectivity index (χ1) is 7.77. The quantitative estimate of drug-likeness (QED) is 0.843. The molecule has 0 aliphatic heterocycles. The molecule has 0 radical (unpaired) electrons. The molecule has 2 nitrogen and oxygen atoms in total. The molecule has 0 unspecified atom stereocenters. The van der Waals surface area contributed by atoms with Crippen molar-refractivity contribution in [2.45, 2.75) is 38.0 Å². The molecule has 1 aromatic rings. The molecule has 2 rings (SSSR count). The van der Waals surface area contributed by atoms with Crippen molar-refractivity contribution in [3.8, 4) is 0 Å². The average molecular weight is 218 g/mol. The third kappa shape index (κ3) is 2.63. The van der Waals surface area contributed by atoms with E-state index in [4.69, 9.17) is 5.11 Å². The largest absolute Gasteiger partial charge is 0.481 e. The van der Waals surface area contributed by atoms with Crippen LogP contribution in [-0.4, -0.2) is 11.1 Å². The number of carboxylic acid groups (broad SMARTS) is 1. The zero-order chi connectivity index (χ0) is 11.4. The van der Waals surface area contributed by atoms with Gasteiger partial charge in [0.1, 0.15) is 0 Å². The van der Waals surface area contributed by atoms with E-state index in [1.807, 2.05) is 18.2 Å². The van der Waals surface area contributed by atoms with Gasteiger partial charge in [-0.05, 0) is 30.2 Å². The number of aliphatic carboxylic acids is 1. The Labute approximate surface area is 96.3 Å². The second-order valence-corrected chi connectivity index (χ2v) is 4.66. The van der Waals surface area contributed by atoms with Gasteiger partial charge in [0.25, 0.3) is 0 Å². The summed E-state index contributed by atoms with van der Waals surface area (Å²) >= 11 is 0. The summed E-state index contributed by atoms with van der Waals surface area (Å²) in [6, 6.07) is 10.4. The highest BCUT2D eigenvalue weighted by Crippen LogP contribution is 2.39. The third-order valence-electron chi connectivity index (χ3n) is 3.57. The molecule has 0 bridgehead atoms. The van der Waals surface area contributed by atoms with Crippen molar-refractivity contribution in [2.24, 2.45) is 5.92 Å². The van der Waals surface area contributed by atoms with Crippen LogP contribution in [0.5, 0.6) is 0 Å². The van der Waals surface area contributed by atoms with Gasteiger partial charge in [-0.2, -0.15) is 0 Å². The summed E-state index contributed by atoms with van der Waals surface area (Å²) in [6.07, 6.45) is 4.93. The molecule has 0 amide bonds. The molecular weight excluding hydrogens is 200 g/mol. The van der Waals surface area contributed by atoms with E-state index in [2.05, 4.69) is 12.1 Å². The topological polar surface area (TPSA) is 37.3 Å². The summed E-state index contributed by atoms with van der Waals surface area (Å²) in [6.45, 7) is 0. The molecule has 2 heteroatoms. The Balaban J connectivity index is 2.13. The first kappa shape index (κ1) is 11.2. The van der Waals surface area contributed by atoms with Crippen molar-refractivity contribution < 1.29 is 9.90 Å². The molecule has 1 fully saturated rings. The number of rotatable bonds is 3. The normalized spacial score (nSPS) is 25.2. The molecular formula is C14H18O2. The summed E-state index contributed by atoms with van der Waals surface area (Å²) in [7, 11) is 0. The Morgan fingerprint density at radius 3 is 2.56 bits per heavy atom. The van der Waals surface area contributed by atoms with Crippen LogP contribution in [0.3, 0.4) is 0 Å². The Kier molecular flexibility index (Phi) is 3.60. The molecule has 0 heterocycles. The molecule has 1 aromatic carbocycles. The summed E-state index contributed by atoms with van der Waals surface area (Å²) in [5, 5.41) is 8.93. The Morgan fingerprint density at radius 2 is 1.88 bits per heavy atom. The van der Waals surface area contributed by atoms with Crippen LogP contribution >= 0.6 is 0 Å². The fourth-order valence-electron chi connectivity index (χ4n) is 2.82. The van der Waals surface area contributed by atoms with Gasteiger partial charge < -0.3 is 5.11 Å². The Morgan fingerprint density at radius 1 is 1.19 bits per heavy atom. The maximum Gasteiger partial charge on any atom is 0.303 e. The number of hydrogen-bond acceptors (Lipinski definition) is 1. The van der Waals surface area contributed by atoms with E-state index in [9.17, 15) is 4.79 Å². The van der Waals surface area contributed by atoms with Crippen molar-refractivity contribution in [3.05, 3.63) is 35.9 Å². The standard InChI is InChI=1S/C14H18O2/c15-14(16)10-12-8-4-5-9-13(12)11-6-2-1-3-7-11/h1-3,6-7,12-13H,4-5,8-10H2,(H,15,16)/t12-,13-/m1/s1. The Hall–Kier alpha value is -1.31. The number of hydrogen-bond donors (Lipinski definition) is 1. The SMILES string of the molecule is O=C(O)C[C@H]1CCCC[C@@H]1c1ccccc1. The average Bonchev–Trinajstić information content (AvgIpc) is 2.30. The van der Waals surface area contributed by atoms with Gasteiger partial charge in [0, 0.05) is 6.42 Å². The number of carbonyl (C=O) groups is 1. The van der Waals surface area contributed by atoms with Gasteiger partial charge in [0.2, 0.25) is 0 Å². The minimum atomic E-state index is -0.659. The van der Waals surface area contributed by atoms with Crippen LogP contribution in [0.2, 0.25) is 0 Å². The van der Waals surface area contributed by atoms with Crippen LogP contribution in [0.25, 0.3) is 0 Å². The second kappa shape index (κ2) is 5.15. The van der Waals surface area contributed by atoms with Gasteiger partial charge in [-0.25, -0.2) is 0 Å². The fourth-order valence-corrected chi connectivity index (χ4v) is 2.82. The maximum atomic E-state index is 10.8. The molecule has 1 aliphatic carbocycles. The molecule has 0 spiro atoms. The van der Waals surface area contributed by atoms with Crippen LogP contribution < -0.4 is 0 Å². The van der Waals surface area contributed by atoms with Crippen molar-refractivity contribution in [3.63, 3.8) is 0 Å². The van der Waals surface area contributed by atoms with Crippen LogP contribution in [0.15, 0.2) is 30.3 Å². The van der Waals surface area contributed by atoms with Gasteiger partial charge in [-0.3, -0.25) is 4.79 Å². The zero-order valence-corrected chi connectivity index (χ0v) is 9.43. The van der Waals surface area contributed by atoms with Gasteiger partial charge in [-0.15, -0.1) is 0 Å². The first-order valence-electron chi connectivity index (χ1n) is 6.04. The smallest absolute Gasteiger partial charge is 0.303 e. The lowest BCUT2D eigenvalue weighted by Crippen LogP contribution is -2.20. The predicted octanol–water partition coefficient (Wildman–Crippen LogP) is 3.44. The molecule has 1 aliphatic rings. The second-order valence-electron chi connectivity index (χ2n) is 4.66. The fraction of sp³-hybridized carbons (Fsp3) is 0.500. The van der Waals surface area contributed by atoms with Crippen molar-refractivity contribution in [2.75, 3.05) is 0 Å². The minimum absolute atomic E-state index is 0.319. The highest BCUT2D eigenvalue weighted by Gasteiger charge is 2.27. The lowest BCUT2D eigenvalue weighted by Gasteiger charge is -2.30. The molecule has 1 saturated carbocycles. The van der Waals surface area contributed by atoms with Crippen LogP contribution in [-0.2, 0) is 4.79 Å². The van der Waals surface area contributed by atoms with E-state index in [1.165, 1.54) is 18.4 Å². The molecule has 2 atom stereocenters. The first-order valence-corrected chi connectivity index (χ1v) is 6.04. The van der Waals surface area contributed by atoms with Crippen molar-refractivity contribution in [1.82, 2.24) is 0 Å². The predicted molar refractivity (Wildman–Crippen MR) is 63.4 cm³/mol. The molecule has 0 saturated heterocycles. The number of carboxylic acids is 1. The van der Waals surface area contributed by atoms with E-state index in [0.717, 1.165) is 12.8 Å². The molecule has 86 valence electrons. The van der Waals surface area contributed by atoms with Crippen molar-refractivity contribution >= 4 is 5.97 Å². The van der Waals surface area contributed by atoms with E-state index in [0.29, 0.717) is 18.3 Å². The zero-order valence-electron chi connectivity index (χ0n) is 9.43. The van der Waals surface area contributed by atoms with Gasteiger partial charge in [0.05, 0.1) is 0 Å². The minimum Gasteiger partial charge on any atom is -0.481 e. The summed E-state index contributed by atoms with van der Waals surface area (Å²) in [5.74, 6) is 0.118. The molecule has 1 N–H and O–H groups in total. The maximum absolute atomic E-state index is 10.8. The highest BCUT2D eigenvalue weighted by molar-refractivity contribution is 5.67. The summed E-state index contributed by atoms with van der Waals surface area (Å²) in [5.41, 5.74) is 1.31. The van der Waals surface area contributed by atoms with E-state index in [-0.39, 0.29) is 0 Å². The van der Waals surface area contributed by atoms with E-state index < -0.39 is 5.97 Å². The highest BCUT2D eigenvalue weighted by atomic mass is 16.4. The lowest BCUT2D eigenvalue weighted by molar-refractivity contribution is -0.138. The molecule has 0 aromatic heterocycles. The van der Waals surface area contributed by atoms with Gasteiger partial charge in [-0.1, -0.05) is 43.2 Å². The van der Waals surface area contributed by atoms with E-state index >= 15 is 0 Å². The Bertz CT molecular complexity index is 345. The number of benzene rings is 1. The monoisotopic (exact) mass is 218 g/mol. The lowest BCUT2D eigenvalue weighted by atomic mass is 9.74. The summed E-state index contributed by atoms with van der Waals surface area (Å²) in [4.78, 5) is 10.8. The van der Waals surface area contributed by atoms with Crippen LogP contribution in [0, 0.1) is 5.92 Å². The van der Waals surface area contributed by atoms with Crippen molar-refractivity contribution in [1.29, 1.82) is 0 Å². The van der Waals surface area contributed by atoms with Crippen LogP contribution in [0.1, 0.15) is 43.6 Å². The summed E-state index contributed by atoms with van der Waals surface area (Å²) < 4.78 is 0. The van der Waals surface area contributed by atoms with E-state index in [1.54, 1.807) is 0 Å². The van der Waals surface area contributed by atoms with Gasteiger partial charge >= 0.3 is 5.97 Å². The molecule has 16 heavy (non-hydrogen) atoms. The third-order valence-corrected chi connectivity index (χ3v) is 3.57. The van der Waals surface area contributed by atoms with Gasteiger partial charge in [0.15, 0.2) is 0 Å².